The third kappa shape index (κ3) is 12.2. The summed E-state index contributed by atoms with van der Waals surface area (Å²) in [4.78, 5) is 12.3. The topological polar surface area (TPSA) is 52.3 Å². The van der Waals surface area contributed by atoms with Crippen molar-refractivity contribution in [2.75, 3.05) is 20.4 Å². The van der Waals surface area contributed by atoms with Crippen LogP contribution in [0.1, 0.15) is 43.1 Å². The van der Waals surface area contributed by atoms with E-state index in [1.54, 1.807) is 30.0 Å². The Morgan fingerprint density at radius 2 is 1.77 bits per heavy atom. The van der Waals surface area contributed by atoms with Gasteiger partial charge in [-0.25, -0.2) is 4.79 Å². The van der Waals surface area contributed by atoms with Gasteiger partial charge in [-0.15, -0.1) is 18.3 Å². The lowest BCUT2D eigenvalue weighted by molar-refractivity contribution is 0.0600. The monoisotopic (exact) mass is 325 g/mol. The zero-order valence-corrected chi connectivity index (χ0v) is 15.6. The van der Waals surface area contributed by atoms with Crippen LogP contribution in [0.4, 0.5) is 0 Å². The maximum absolute atomic E-state index is 11.2. The SMILES string of the molecule is C=CC.C=Cc1ccc(C(=O)OC)cc1SC.CCC.CN. The largest absolute Gasteiger partial charge is 0.465 e. The van der Waals surface area contributed by atoms with Crippen LogP contribution >= 0.6 is 11.8 Å². The third-order valence-electron chi connectivity index (χ3n) is 1.87. The van der Waals surface area contributed by atoms with Gasteiger partial charge in [0.05, 0.1) is 12.7 Å². The molecule has 0 atom stereocenters. The normalized spacial score (nSPS) is 7.77. The second-order valence-electron chi connectivity index (χ2n) is 3.77. The zero-order valence-electron chi connectivity index (χ0n) is 14.8. The van der Waals surface area contributed by atoms with E-state index in [0.29, 0.717) is 5.56 Å². The summed E-state index contributed by atoms with van der Waals surface area (Å²) in [5.41, 5.74) is 6.10. The molecule has 0 bridgehead atoms. The van der Waals surface area contributed by atoms with Crippen LogP contribution in [0.2, 0.25) is 0 Å². The first kappa shape index (κ1) is 25.4. The molecule has 1 aromatic carbocycles. The van der Waals surface area contributed by atoms with Gasteiger partial charge < -0.3 is 10.5 Å². The number of methoxy groups -OCH3 is 1. The highest BCUT2D eigenvalue weighted by Gasteiger charge is 2.07. The molecule has 1 rings (SSSR count). The molecule has 0 spiro atoms. The molecule has 1 aromatic rings. The first-order chi connectivity index (χ1) is 10.6. The Balaban J connectivity index is -0.000000382. The van der Waals surface area contributed by atoms with E-state index in [0.717, 1.165) is 10.5 Å². The molecular formula is C18H31NO2S. The summed E-state index contributed by atoms with van der Waals surface area (Å²) >= 11 is 1.58. The molecule has 0 aliphatic carbocycles. The number of carbonyl (C=O) groups excluding carboxylic acids is 1. The number of hydrogen-bond acceptors (Lipinski definition) is 4. The molecule has 0 aliphatic heterocycles. The molecule has 0 unspecified atom stereocenters. The fourth-order valence-electron chi connectivity index (χ4n) is 1.12. The minimum absolute atomic E-state index is 0.309. The van der Waals surface area contributed by atoms with Crippen molar-refractivity contribution < 1.29 is 9.53 Å². The van der Waals surface area contributed by atoms with Gasteiger partial charge in [-0.2, -0.15) is 0 Å². The van der Waals surface area contributed by atoms with Crippen molar-refractivity contribution in [2.45, 2.75) is 32.1 Å². The number of thioether (sulfide) groups is 1. The number of nitrogens with two attached hydrogens (primary N) is 1. The quantitative estimate of drug-likeness (QED) is 0.481. The molecule has 0 amide bonds. The van der Waals surface area contributed by atoms with E-state index >= 15 is 0 Å². The lowest BCUT2D eigenvalue weighted by atomic mass is 10.1. The molecule has 0 fully saturated rings. The van der Waals surface area contributed by atoms with Crippen molar-refractivity contribution in [1.29, 1.82) is 0 Å². The van der Waals surface area contributed by atoms with E-state index in [4.69, 9.17) is 0 Å². The van der Waals surface area contributed by atoms with Crippen molar-refractivity contribution in [1.82, 2.24) is 0 Å². The molecule has 0 heterocycles. The first-order valence-electron chi connectivity index (χ1n) is 7.09. The molecule has 22 heavy (non-hydrogen) atoms. The number of esters is 1. The summed E-state index contributed by atoms with van der Waals surface area (Å²) in [6, 6.07) is 5.42. The van der Waals surface area contributed by atoms with Gasteiger partial charge in [0, 0.05) is 4.90 Å². The van der Waals surface area contributed by atoms with Crippen LogP contribution in [-0.4, -0.2) is 26.4 Å². The summed E-state index contributed by atoms with van der Waals surface area (Å²) in [6.07, 6.45) is 6.73. The predicted octanol–water partition coefficient (Wildman–Crippen LogP) is 5.02. The van der Waals surface area contributed by atoms with Crippen molar-refractivity contribution in [3.63, 3.8) is 0 Å². The summed E-state index contributed by atoms with van der Waals surface area (Å²) in [7, 11) is 2.88. The Labute approximate surface area is 140 Å². The van der Waals surface area contributed by atoms with Crippen molar-refractivity contribution in [3.8, 4) is 0 Å². The number of allylic oxidation sites excluding steroid dienone is 1. The van der Waals surface area contributed by atoms with Gasteiger partial charge in [0.2, 0.25) is 0 Å². The number of benzene rings is 1. The van der Waals surface area contributed by atoms with Gasteiger partial charge >= 0.3 is 5.97 Å². The summed E-state index contributed by atoms with van der Waals surface area (Å²) in [5.74, 6) is -0.309. The van der Waals surface area contributed by atoms with E-state index < -0.39 is 0 Å². The van der Waals surface area contributed by atoms with Gasteiger partial charge in [-0.05, 0) is 37.9 Å². The standard InChI is InChI=1S/C11H12O2S.C3H8.C3H6.CH5N/c1-4-8-5-6-9(11(12)13-2)7-10(8)14-3;2*1-3-2;1-2/h4-7H,1H2,2-3H3;3H2,1-2H3;3H,1H2,2H3;2H2,1H3. The van der Waals surface area contributed by atoms with E-state index in [9.17, 15) is 4.79 Å². The zero-order chi connectivity index (χ0) is 18.0. The van der Waals surface area contributed by atoms with Crippen LogP contribution in [0.5, 0.6) is 0 Å². The van der Waals surface area contributed by atoms with E-state index in [-0.39, 0.29) is 5.97 Å². The highest BCUT2D eigenvalue weighted by Crippen LogP contribution is 2.23. The molecule has 0 saturated carbocycles. The van der Waals surface area contributed by atoms with Gasteiger partial charge in [-0.1, -0.05) is 45.1 Å². The number of hydrogen-bond donors (Lipinski definition) is 1. The van der Waals surface area contributed by atoms with Crippen LogP contribution in [-0.2, 0) is 4.74 Å². The average Bonchev–Trinajstić information content (AvgIpc) is 2.56. The fraction of sp³-hybridized carbons (Fsp3) is 0.389. The second kappa shape index (κ2) is 19.5. The van der Waals surface area contributed by atoms with Crippen LogP contribution in [0.15, 0.2) is 42.3 Å². The molecule has 0 saturated heterocycles. The maximum atomic E-state index is 11.2. The third-order valence-corrected chi connectivity index (χ3v) is 2.67. The predicted molar refractivity (Wildman–Crippen MR) is 102 cm³/mol. The highest BCUT2D eigenvalue weighted by molar-refractivity contribution is 7.98. The van der Waals surface area contributed by atoms with E-state index in [1.807, 2.05) is 25.3 Å². The Morgan fingerprint density at radius 1 is 1.32 bits per heavy atom. The minimum Gasteiger partial charge on any atom is -0.465 e. The van der Waals surface area contributed by atoms with Crippen molar-refractivity contribution >= 4 is 23.8 Å². The van der Waals surface area contributed by atoms with Gasteiger partial charge in [-0.3, -0.25) is 0 Å². The highest BCUT2D eigenvalue weighted by atomic mass is 32.2. The smallest absolute Gasteiger partial charge is 0.337 e. The Hall–Kier alpha value is -1.52. The van der Waals surface area contributed by atoms with Crippen molar-refractivity contribution in [3.05, 3.63) is 48.6 Å². The molecule has 0 aliphatic rings. The summed E-state index contributed by atoms with van der Waals surface area (Å²) in [6.45, 7) is 13.2. The fourth-order valence-corrected chi connectivity index (χ4v) is 1.76. The molecular weight excluding hydrogens is 294 g/mol. The second-order valence-corrected chi connectivity index (χ2v) is 4.62. The molecule has 4 heteroatoms. The molecule has 2 N–H and O–H groups in total. The van der Waals surface area contributed by atoms with Gasteiger partial charge in [0.15, 0.2) is 0 Å². The van der Waals surface area contributed by atoms with E-state index in [2.05, 4.69) is 37.5 Å². The minimum atomic E-state index is -0.309. The Bertz CT molecular complexity index is 418. The number of rotatable bonds is 3. The van der Waals surface area contributed by atoms with Crippen LogP contribution in [0.3, 0.4) is 0 Å². The van der Waals surface area contributed by atoms with Crippen molar-refractivity contribution in [2.24, 2.45) is 5.73 Å². The molecule has 3 nitrogen and oxygen atoms in total. The van der Waals surface area contributed by atoms with Gasteiger partial charge in [0.1, 0.15) is 0 Å². The molecule has 0 radical (unpaired) electrons. The van der Waals surface area contributed by atoms with E-state index in [1.165, 1.54) is 20.6 Å². The van der Waals surface area contributed by atoms with Gasteiger partial charge in [0.25, 0.3) is 0 Å². The number of carbonyl (C=O) groups is 1. The maximum Gasteiger partial charge on any atom is 0.337 e. The Morgan fingerprint density at radius 3 is 2.09 bits per heavy atom. The Kier molecular flexibility index (Phi) is 22.5. The lowest BCUT2D eigenvalue weighted by Gasteiger charge is -2.05. The molecule has 126 valence electrons. The lowest BCUT2D eigenvalue weighted by Crippen LogP contribution is -2.01. The van der Waals surface area contributed by atoms with Crippen LogP contribution in [0.25, 0.3) is 6.08 Å². The number of ether oxygens (including phenoxy) is 1. The average molecular weight is 326 g/mol. The summed E-state index contributed by atoms with van der Waals surface area (Å²) < 4.78 is 4.64. The van der Waals surface area contributed by atoms with Crippen LogP contribution in [0, 0.1) is 0 Å². The first-order valence-corrected chi connectivity index (χ1v) is 8.32. The van der Waals surface area contributed by atoms with Crippen LogP contribution < -0.4 is 5.73 Å². The molecule has 0 aromatic heterocycles. The summed E-state index contributed by atoms with van der Waals surface area (Å²) in [5, 5.41) is 0.